The molecule has 8 nitrogen and oxygen atoms in total. The summed E-state index contributed by atoms with van der Waals surface area (Å²) in [5, 5.41) is 0. The maximum atomic E-state index is 5.70. The Bertz CT molecular complexity index is 253. The van der Waals surface area contributed by atoms with E-state index < -0.39 is 0 Å². The summed E-state index contributed by atoms with van der Waals surface area (Å²) in [7, 11) is 0. The molecule has 3 fully saturated rings. The molecule has 2 bridgehead atoms. The molecule has 0 saturated carbocycles. The number of hydrogen-bond donors (Lipinski definition) is 0. The third-order valence-electron chi connectivity index (χ3n) is 4.43. The van der Waals surface area contributed by atoms with Crippen LogP contribution < -0.4 is 0 Å². The van der Waals surface area contributed by atoms with Crippen molar-refractivity contribution in [2.45, 2.75) is 0 Å². The summed E-state index contributed by atoms with van der Waals surface area (Å²) >= 11 is 0. The molecule has 0 unspecified atom stereocenters. The van der Waals surface area contributed by atoms with Crippen molar-refractivity contribution < 1.29 is 28.4 Å². The van der Waals surface area contributed by atoms with Gasteiger partial charge in [-0.1, -0.05) is 0 Å². The van der Waals surface area contributed by atoms with Crippen molar-refractivity contribution in [3.05, 3.63) is 0 Å². The molecule has 3 aliphatic rings. The van der Waals surface area contributed by atoms with E-state index in [-0.39, 0.29) is 51.4 Å². The van der Waals surface area contributed by atoms with Crippen molar-refractivity contribution in [1.29, 1.82) is 0 Å². The monoisotopic (exact) mass is 416 g/mol. The van der Waals surface area contributed by atoms with Gasteiger partial charge in [-0.25, -0.2) is 0 Å². The normalized spacial score (nSPS) is 29.3. The van der Waals surface area contributed by atoms with Crippen molar-refractivity contribution in [1.82, 2.24) is 9.80 Å². The summed E-state index contributed by atoms with van der Waals surface area (Å²) in [6.45, 7) is 13.2. The van der Waals surface area contributed by atoms with Gasteiger partial charge in [0.25, 0.3) is 0 Å². The third-order valence-corrected chi connectivity index (χ3v) is 4.43. The van der Waals surface area contributed by atoms with Crippen LogP contribution in [0.5, 0.6) is 0 Å². The van der Waals surface area contributed by atoms with Crippen LogP contribution in [0.1, 0.15) is 0 Å². The molecule has 0 aromatic carbocycles. The van der Waals surface area contributed by atoms with Crippen molar-refractivity contribution in [2.75, 3.05) is 119 Å². The molecule has 3 heterocycles. The van der Waals surface area contributed by atoms with E-state index in [9.17, 15) is 0 Å². The Morgan fingerprint density at radius 3 is 0.667 bits per heavy atom. The average molecular weight is 417 g/mol. The molecule has 3 rings (SSSR count). The van der Waals surface area contributed by atoms with Crippen LogP contribution in [0.3, 0.4) is 0 Å². The average Bonchev–Trinajstić information content (AvgIpc) is 2.65. The second-order valence-corrected chi connectivity index (χ2v) is 6.36. The van der Waals surface area contributed by atoms with Crippen LogP contribution in [0.2, 0.25) is 0 Å². The number of fused-ring (bicyclic) bond motifs is 21. The van der Waals surface area contributed by atoms with Gasteiger partial charge >= 0.3 is 51.4 Å². The topological polar surface area (TPSA) is 61.9 Å². The number of ether oxygens (including phenoxy) is 6. The molecule has 0 amide bonds. The summed E-state index contributed by atoms with van der Waals surface area (Å²) in [5.74, 6) is 0. The first kappa shape index (κ1) is 26.4. The fraction of sp³-hybridized carbons (Fsp3) is 1.00. The van der Waals surface area contributed by atoms with E-state index in [1.54, 1.807) is 0 Å². The maximum absolute atomic E-state index is 5.70. The minimum atomic E-state index is 0. The Kier molecular flexibility index (Phi) is 18.8. The van der Waals surface area contributed by atoms with Gasteiger partial charge in [0.05, 0.1) is 79.3 Å². The first-order valence-electron chi connectivity index (χ1n) is 9.86. The van der Waals surface area contributed by atoms with Gasteiger partial charge in [0.2, 0.25) is 0 Å². The predicted octanol–water partition coefficient (Wildman–Crippen LogP) is -0.931. The fourth-order valence-corrected chi connectivity index (χ4v) is 2.80. The summed E-state index contributed by atoms with van der Waals surface area (Å²) in [6.07, 6.45) is 0. The summed E-state index contributed by atoms with van der Waals surface area (Å²) < 4.78 is 34.2. The van der Waals surface area contributed by atoms with Crippen molar-refractivity contribution >= 4 is 51.4 Å². The zero-order valence-corrected chi connectivity index (χ0v) is 16.1. The molecule has 156 valence electrons. The van der Waals surface area contributed by atoms with Crippen LogP contribution in [-0.4, -0.2) is 180 Å². The van der Waals surface area contributed by atoms with E-state index in [0.717, 1.165) is 39.3 Å². The van der Waals surface area contributed by atoms with Crippen molar-refractivity contribution in [2.24, 2.45) is 0 Å². The van der Waals surface area contributed by atoms with Crippen LogP contribution in [0.25, 0.3) is 0 Å². The predicted molar refractivity (Wildman–Crippen MR) is 105 cm³/mol. The molecule has 0 N–H and O–H groups in total. The molecular formula is C18H37KN2O6. The van der Waals surface area contributed by atoms with E-state index in [1.807, 2.05) is 0 Å². The molecule has 0 spiro atoms. The molecule has 0 aliphatic carbocycles. The van der Waals surface area contributed by atoms with E-state index in [0.29, 0.717) is 79.3 Å². The molecule has 0 aromatic heterocycles. The van der Waals surface area contributed by atoms with Crippen LogP contribution in [0, 0.1) is 0 Å². The SMILES string of the molecule is C1COCCN2CCOCCOCCN(CCO1)CCOCCOCC2.[KH]. The molecule has 9 heteroatoms. The van der Waals surface area contributed by atoms with E-state index >= 15 is 0 Å². The van der Waals surface area contributed by atoms with Crippen molar-refractivity contribution in [3.8, 4) is 0 Å². The van der Waals surface area contributed by atoms with Gasteiger partial charge in [-0.2, -0.15) is 0 Å². The zero-order valence-electron chi connectivity index (χ0n) is 16.1. The van der Waals surface area contributed by atoms with Gasteiger partial charge in [0.1, 0.15) is 0 Å². The second kappa shape index (κ2) is 19.3. The van der Waals surface area contributed by atoms with Gasteiger partial charge in [-0.05, 0) is 0 Å². The van der Waals surface area contributed by atoms with Crippen molar-refractivity contribution in [3.63, 3.8) is 0 Å². The molecule has 0 radical (unpaired) electrons. The number of nitrogens with zero attached hydrogens (tertiary/aromatic N) is 2. The molecule has 3 saturated heterocycles. The molecule has 0 atom stereocenters. The molecular weight excluding hydrogens is 379 g/mol. The number of hydrogen-bond acceptors (Lipinski definition) is 8. The summed E-state index contributed by atoms with van der Waals surface area (Å²) in [6, 6.07) is 0. The first-order valence-corrected chi connectivity index (χ1v) is 9.86. The Balaban J connectivity index is 0.00000364. The number of rotatable bonds is 0. The zero-order chi connectivity index (χ0) is 18.1. The molecule has 27 heavy (non-hydrogen) atoms. The fourth-order valence-electron chi connectivity index (χ4n) is 2.80. The van der Waals surface area contributed by atoms with Crippen LogP contribution in [-0.2, 0) is 28.4 Å². The first-order chi connectivity index (χ1) is 12.9. The van der Waals surface area contributed by atoms with Gasteiger partial charge in [0.15, 0.2) is 0 Å². The minimum absolute atomic E-state index is 0. The van der Waals surface area contributed by atoms with Crippen LogP contribution in [0.4, 0.5) is 0 Å². The Morgan fingerprint density at radius 1 is 0.296 bits per heavy atom. The Labute approximate surface area is 206 Å². The third kappa shape index (κ3) is 14.9. The van der Waals surface area contributed by atoms with E-state index in [2.05, 4.69) is 9.80 Å². The standard InChI is InChI=1S/C18H36N2O6.K.H/c1-7-21-13-14-24-10-4-20-5-11-25-17-15-22-8-2-19(1)3-9-23-16-18-26-12-6-20;;/h1-18H2;;. The van der Waals surface area contributed by atoms with Crippen LogP contribution >= 0.6 is 0 Å². The van der Waals surface area contributed by atoms with E-state index in [1.165, 1.54) is 0 Å². The Hall–Kier alpha value is 1.32. The van der Waals surface area contributed by atoms with E-state index in [4.69, 9.17) is 28.4 Å². The second-order valence-electron chi connectivity index (χ2n) is 6.36. The summed E-state index contributed by atoms with van der Waals surface area (Å²) in [4.78, 5) is 4.62. The molecule has 3 aliphatic heterocycles. The van der Waals surface area contributed by atoms with Crippen LogP contribution in [0.15, 0.2) is 0 Å². The summed E-state index contributed by atoms with van der Waals surface area (Å²) in [5.41, 5.74) is 0. The van der Waals surface area contributed by atoms with Gasteiger partial charge in [0, 0.05) is 39.3 Å². The van der Waals surface area contributed by atoms with Gasteiger partial charge in [-0.15, -0.1) is 0 Å². The quantitative estimate of drug-likeness (QED) is 0.470. The van der Waals surface area contributed by atoms with Gasteiger partial charge in [-0.3, -0.25) is 9.80 Å². The molecule has 0 aromatic rings. The Morgan fingerprint density at radius 2 is 0.481 bits per heavy atom. The van der Waals surface area contributed by atoms with Gasteiger partial charge < -0.3 is 28.4 Å².